The zero-order valence-corrected chi connectivity index (χ0v) is 10.0. The molecule has 0 aromatic heterocycles. The molecule has 0 bridgehead atoms. The zero-order chi connectivity index (χ0) is 11.6. The lowest BCUT2D eigenvalue weighted by Crippen LogP contribution is -2.44. The van der Waals surface area contributed by atoms with Crippen LogP contribution in [0.2, 0.25) is 0 Å². The Morgan fingerprint density at radius 1 is 1.50 bits per heavy atom. The summed E-state index contributed by atoms with van der Waals surface area (Å²) in [4.78, 5) is 13.2. The first-order valence-corrected chi connectivity index (χ1v) is 6.28. The van der Waals surface area contributed by atoms with Crippen LogP contribution in [-0.2, 0) is 4.79 Å². The Balaban J connectivity index is 1.75. The summed E-state index contributed by atoms with van der Waals surface area (Å²) in [6.07, 6.45) is 5.72. The molecule has 0 aromatic carbocycles. The van der Waals surface area contributed by atoms with E-state index in [1.165, 1.54) is 0 Å². The number of carbonyl (C=O) groups is 1. The highest BCUT2D eigenvalue weighted by Crippen LogP contribution is 2.30. The molecule has 16 heavy (non-hydrogen) atoms. The number of aliphatic hydroxyl groups is 1. The molecule has 1 amide bonds. The van der Waals surface area contributed by atoms with E-state index in [9.17, 15) is 9.90 Å². The van der Waals surface area contributed by atoms with E-state index in [0.717, 1.165) is 45.2 Å². The molecule has 1 aliphatic heterocycles. The van der Waals surface area contributed by atoms with Crippen molar-refractivity contribution in [2.75, 3.05) is 20.1 Å². The topological polar surface area (TPSA) is 52.6 Å². The second-order valence-corrected chi connectivity index (χ2v) is 5.43. The van der Waals surface area contributed by atoms with Gasteiger partial charge in [0, 0.05) is 25.6 Å². The van der Waals surface area contributed by atoms with Crippen LogP contribution in [0.15, 0.2) is 0 Å². The molecule has 92 valence electrons. The first kappa shape index (κ1) is 11.9. The SMILES string of the molecule is CN(CC1CCC(=O)N1)CC1(O)CCCC1. The first-order chi connectivity index (χ1) is 7.57. The van der Waals surface area contributed by atoms with E-state index in [4.69, 9.17) is 0 Å². The summed E-state index contributed by atoms with van der Waals surface area (Å²) < 4.78 is 0. The van der Waals surface area contributed by atoms with Crippen LogP contribution in [0, 0.1) is 0 Å². The Bertz CT molecular complexity index is 262. The fourth-order valence-electron chi connectivity index (χ4n) is 2.95. The van der Waals surface area contributed by atoms with Crippen molar-refractivity contribution < 1.29 is 9.90 Å². The number of hydrogen-bond acceptors (Lipinski definition) is 3. The van der Waals surface area contributed by atoms with Crippen molar-refractivity contribution in [1.29, 1.82) is 0 Å². The first-order valence-electron chi connectivity index (χ1n) is 6.28. The van der Waals surface area contributed by atoms with E-state index < -0.39 is 5.60 Å². The summed E-state index contributed by atoms with van der Waals surface area (Å²) in [5, 5.41) is 13.2. The van der Waals surface area contributed by atoms with Gasteiger partial charge in [0.1, 0.15) is 0 Å². The van der Waals surface area contributed by atoms with Crippen LogP contribution in [-0.4, -0.2) is 47.7 Å². The molecule has 0 spiro atoms. The average Bonchev–Trinajstić information content (AvgIpc) is 2.75. The van der Waals surface area contributed by atoms with Crippen LogP contribution in [0.1, 0.15) is 38.5 Å². The quantitative estimate of drug-likeness (QED) is 0.734. The van der Waals surface area contributed by atoms with Gasteiger partial charge < -0.3 is 15.3 Å². The lowest BCUT2D eigenvalue weighted by Gasteiger charge is -2.30. The Morgan fingerprint density at radius 2 is 2.19 bits per heavy atom. The Labute approximate surface area is 97.0 Å². The number of hydrogen-bond donors (Lipinski definition) is 2. The predicted molar refractivity (Wildman–Crippen MR) is 62.1 cm³/mol. The molecule has 2 rings (SSSR count). The Kier molecular flexibility index (Phi) is 3.50. The second kappa shape index (κ2) is 4.72. The van der Waals surface area contributed by atoms with Gasteiger partial charge in [-0.05, 0) is 26.3 Å². The van der Waals surface area contributed by atoms with E-state index >= 15 is 0 Å². The maximum absolute atomic E-state index is 11.1. The molecule has 0 radical (unpaired) electrons. The third-order valence-electron chi connectivity index (χ3n) is 3.72. The maximum Gasteiger partial charge on any atom is 0.220 e. The summed E-state index contributed by atoms with van der Waals surface area (Å²) in [6.45, 7) is 1.59. The van der Waals surface area contributed by atoms with Crippen LogP contribution in [0.5, 0.6) is 0 Å². The smallest absolute Gasteiger partial charge is 0.220 e. The van der Waals surface area contributed by atoms with Crippen molar-refractivity contribution in [2.45, 2.75) is 50.2 Å². The van der Waals surface area contributed by atoms with Gasteiger partial charge in [0.15, 0.2) is 0 Å². The Hall–Kier alpha value is -0.610. The third-order valence-corrected chi connectivity index (χ3v) is 3.72. The third kappa shape index (κ3) is 2.95. The molecular formula is C12H22N2O2. The van der Waals surface area contributed by atoms with Gasteiger partial charge in [0.2, 0.25) is 5.91 Å². The van der Waals surface area contributed by atoms with Crippen LogP contribution < -0.4 is 5.32 Å². The van der Waals surface area contributed by atoms with Crippen LogP contribution in [0.4, 0.5) is 0 Å². The molecule has 0 aromatic rings. The molecule has 1 aliphatic carbocycles. The second-order valence-electron chi connectivity index (χ2n) is 5.43. The number of nitrogens with one attached hydrogen (secondary N) is 1. The van der Waals surface area contributed by atoms with Crippen molar-refractivity contribution in [3.8, 4) is 0 Å². The fourth-order valence-corrected chi connectivity index (χ4v) is 2.95. The summed E-state index contributed by atoms with van der Waals surface area (Å²) in [5.74, 6) is 0.165. The van der Waals surface area contributed by atoms with Crippen LogP contribution >= 0.6 is 0 Å². The molecular weight excluding hydrogens is 204 g/mol. The molecule has 1 atom stereocenters. The van der Waals surface area contributed by atoms with Gasteiger partial charge in [0.25, 0.3) is 0 Å². The highest BCUT2D eigenvalue weighted by molar-refractivity contribution is 5.78. The van der Waals surface area contributed by atoms with E-state index in [0.29, 0.717) is 6.42 Å². The number of amides is 1. The summed E-state index contributed by atoms with van der Waals surface area (Å²) in [5.41, 5.74) is -0.475. The van der Waals surface area contributed by atoms with Crippen molar-refractivity contribution in [2.24, 2.45) is 0 Å². The molecule has 2 aliphatic rings. The molecule has 1 saturated carbocycles. The molecule has 4 heteroatoms. The van der Waals surface area contributed by atoms with Crippen molar-refractivity contribution in [3.05, 3.63) is 0 Å². The highest BCUT2D eigenvalue weighted by Gasteiger charge is 2.33. The lowest BCUT2D eigenvalue weighted by molar-refractivity contribution is -0.119. The minimum Gasteiger partial charge on any atom is -0.389 e. The van der Waals surface area contributed by atoms with E-state index in [-0.39, 0.29) is 11.9 Å². The molecule has 1 unspecified atom stereocenters. The molecule has 2 fully saturated rings. The number of nitrogens with zero attached hydrogens (tertiary/aromatic N) is 1. The van der Waals surface area contributed by atoms with Gasteiger partial charge in [-0.25, -0.2) is 0 Å². The highest BCUT2D eigenvalue weighted by atomic mass is 16.3. The van der Waals surface area contributed by atoms with E-state index in [1.807, 2.05) is 7.05 Å². The van der Waals surface area contributed by atoms with E-state index in [2.05, 4.69) is 10.2 Å². The van der Waals surface area contributed by atoms with Crippen molar-refractivity contribution in [3.63, 3.8) is 0 Å². The lowest BCUT2D eigenvalue weighted by atomic mass is 10.0. The van der Waals surface area contributed by atoms with Gasteiger partial charge >= 0.3 is 0 Å². The Morgan fingerprint density at radius 3 is 2.75 bits per heavy atom. The minimum absolute atomic E-state index is 0.165. The molecule has 4 nitrogen and oxygen atoms in total. The van der Waals surface area contributed by atoms with Gasteiger partial charge in [-0.2, -0.15) is 0 Å². The van der Waals surface area contributed by atoms with Crippen molar-refractivity contribution >= 4 is 5.91 Å². The fraction of sp³-hybridized carbons (Fsp3) is 0.917. The maximum atomic E-state index is 11.1. The minimum atomic E-state index is -0.475. The van der Waals surface area contributed by atoms with Gasteiger partial charge in [0.05, 0.1) is 5.60 Å². The van der Waals surface area contributed by atoms with E-state index in [1.54, 1.807) is 0 Å². The molecule has 1 saturated heterocycles. The van der Waals surface area contributed by atoms with Gasteiger partial charge in [-0.15, -0.1) is 0 Å². The monoisotopic (exact) mass is 226 g/mol. The standard InChI is InChI=1S/C12H22N2O2/c1-14(8-10-4-5-11(15)13-10)9-12(16)6-2-3-7-12/h10,16H,2-9H2,1H3,(H,13,15). The largest absolute Gasteiger partial charge is 0.389 e. The molecule has 2 N–H and O–H groups in total. The number of carbonyl (C=O) groups excluding carboxylic acids is 1. The average molecular weight is 226 g/mol. The van der Waals surface area contributed by atoms with Gasteiger partial charge in [-0.3, -0.25) is 4.79 Å². The normalized spacial score (nSPS) is 28.7. The summed E-state index contributed by atoms with van der Waals surface area (Å²) >= 11 is 0. The van der Waals surface area contributed by atoms with Gasteiger partial charge in [-0.1, -0.05) is 12.8 Å². The number of likely N-dealkylation sites (N-methyl/N-ethyl adjacent to an activating group) is 1. The summed E-state index contributed by atoms with van der Waals surface area (Å²) in [6, 6.07) is 0.280. The summed E-state index contributed by atoms with van der Waals surface area (Å²) in [7, 11) is 2.03. The number of rotatable bonds is 4. The predicted octanol–water partition coefficient (Wildman–Crippen LogP) is 0.502. The molecule has 1 heterocycles. The van der Waals surface area contributed by atoms with Crippen LogP contribution in [0.25, 0.3) is 0 Å². The van der Waals surface area contributed by atoms with Crippen molar-refractivity contribution in [1.82, 2.24) is 10.2 Å². The zero-order valence-electron chi connectivity index (χ0n) is 10.0. The van der Waals surface area contributed by atoms with Crippen LogP contribution in [0.3, 0.4) is 0 Å².